The zero-order valence-corrected chi connectivity index (χ0v) is 28.6. The zero-order valence-electron chi connectivity index (χ0n) is 27.7. The van der Waals surface area contributed by atoms with Crippen LogP contribution in [0.5, 0.6) is 5.75 Å². The van der Waals surface area contributed by atoms with E-state index in [1.165, 1.54) is 89.9 Å². The van der Waals surface area contributed by atoms with E-state index in [4.69, 9.17) is 9.26 Å². The van der Waals surface area contributed by atoms with Crippen LogP contribution in [0.15, 0.2) is 12.1 Å². The van der Waals surface area contributed by atoms with E-state index >= 15 is 0 Å². The Morgan fingerprint density at radius 2 is 1.07 bits per heavy atom. The molecule has 0 aliphatic heterocycles. The van der Waals surface area contributed by atoms with Gasteiger partial charge in [0.05, 0.1) is 6.61 Å². The van der Waals surface area contributed by atoms with Gasteiger partial charge >= 0.3 is 14.6 Å². The van der Waals surface area contributed by atoms with E-state index in [1.54, 1.807) is 0 Å². The molecule has 0 spiro atoms. The van der Waals surface area contributed by atoms with Crippen molar-refractivity contribution in [2.45, 2.75) is 175 Å². The van der Waals surface area contributed by atoms with Gasteiger partial charge in [0.2, 0.25) is 0 Å². The molecule has 6 heteroatoms. The minimum atomic E-state index is -2.53. The molecule has 2 N–H and O–H groups in total. The van der Waals surface area contributed by atoms with Crippen molar-refractivity contribution in [1.82, 2.24) is 0 Å². The van der Waals surface area contributed by atoms with Gasteiger partial charge in [-0.1, -0.05) is 157 Å². The fraction of sp³-hybridized carbons (Fsp3) is 0.800. The van der Waals surface area contributed by atoms with E-state index in [2.05, 4.69) is 48.5 Å². The van der Waals surface area contributed by atoms with E-state index in [0.717, 1.165) is 29.5 Å². The molecule has 41 heavy (non-hydrogen) atoms. The summed E-state index contributed by atoms with van der Waals surface area (Å²) in [5.41, 5.74) is 2.34. The fourth-order valence-electron chi connectivity index (χ4n) is 5.28. The van der Waals surface area contributed by atoms with Crippen LogP contribution in [0.1, 0.15) is 174 Å². The van der Waals surface area contributed by atoms with Gasteiger partial charge in [-0.3, -0.25) is 4.79 Å². The lowest BCUT2D eigenvalue weighted by molar-refractivity contribution is -0.143. The number of rotatable bonds is 22. The van der Waals surface area contributed by atoms with E-state index in [0.29, 0.717) is 25.2 Å². The topological polar surface area (TPSA) is 76.0 Å². The maximum atomic E-state index is 12.4. The number of carbonyl (C=O) groups excluding carboxylic acids is 1. The summed E-state index contributed by atoms with van der Waals surface area (Å²) < 4.78 is 11.1. The van der Waals surface area contributed by atoms with Gasteiger partial charge in [-0.15, -0.1) is 0 Å². The summed E-state index contributed by atoms with van der Waals surface area (Å²) in [6, 6.07) is 4.07. The number of unbranched alkanes of at least 4 members (excludes halogenated alkanes) is 15. The highest BCUT2D eigenvalue weighted by molar-refractivity contribution is 7.39. The molecule has 0 fully saturated rings. The Labute approximate surface area is 254 Å². The molecule has 0 unspecified atom stereocenters. The minimum absolute atomic E-state index is 0.157. The maximum Gasteiger partial charge on any atom is 0.391 e. The summed E-state index contributed by atoms with van der Waals surface area (Å²) in [5.74, 6) is 0.381. The lowest BCUT2D eigenvalue weighted by Gasteiger charge is -2.30. The third kappa shape index (κ3) is 17.5. The molecule has 0 saturated heterocycles. The SMILES string of the molecule is CCCCCCCCCCCCCCCCCCOC(=O)CCc1cc(C(C)(C)C)c(OP(O)O)c(C(C)(C)C)c1. The Kier molecular flexibility index (Phi) is 19.1. The number of hydrogen-bond acceptors (Lipinski definition) is 5. The van der Waals surface area contributed by atoms with E-state index in [1.807, 2.05) is 12.1 Å². The molecule has 0 heterocycles. The van der Waals surface area contributed by atoms with Gasteiger partial charge < -0.3 is 19.0 Å². The van der Waals surface area contributed by atoms with Gasteiger partial charge in [0.15, 0.2) is 0 Å². The highest BCUT2D eigenvalue weighted by Gasteiger charge is 2.29. The van der Waals surface area contributed by atoms with E-state index in [-0.39, 0.29) is 16.8 Å². The molecule has 1 aromatic rings. The number of ether oxygens (including phenoxy) is 1. The highest BCUT2D eigenvalue weighted by atomic mass is 31.2. The van der Waals surface area contributed by atoms with Crippen molar-refractivity contribution in [1.29, 1.82) is 0 Å². The van der Waals surface area contributed by atoms with Crippen molar-refractivity contribution in [3.8, 4) is 5.75 Å². The van der Waals surface area contributed by atoms with Crippen LogP contribution >= 0.6 is 8.60 Å². The second-order valence-electron chi connectivity index (χ2n) is 13.9. The third-order valence-electron chi connectivity index (χ3n) is 7.82. The normalized spacial score (nSPS) is 12.2. The minimum Gasteiger partial charge on any atom is -0.466 e. The first kappa shape index (κ1) is 37.9. The van der Waals surface area contributed by atoms with Gasteiger partial charge in [-0.25, -0.2) is 0 Å². The third-order valence-corrected chi connectivity index (χ3v) is 8.16. The summed E-state index contributed by atoms with van der Waals surface area (Å²) in [6.45, 7) is 15.2. The van der Waals surface area contributed by atoms with Crippen molar-refractivity contribution in [2.75, 3.05) is 6.61 Å². The predicted octanol–water partition coefficient (Wildman–Crippen LogP) is 10.6. The molecule has 0 saturated carbocycles. The van der Waals surface area contributed by atoms with Crippen LogP contribution in [-0.4, -0.2) is 22.4 Å². The Bertz CT molecular complexity index is 803. The first-order valence-electron chi connectivity index (χ1n) is 16.6. The van der Waals surface area contributed by atoms with Gasteiger partial charge in [0.1, 0.15) is 5.75 Å². The molecule has 0 atom stereocenters. The Morgan fingerprint density at radius 1 is 0.683 bits per heavy atom. The van der Waals surface area contributed by atoms with Gasteiger partial charge in [0.25, 0.3) is 0 Å². The first-order chi connectivity index (χ1) is 19.4. The fourth-order valence-corrected chi connectivity index (χ4v) is 5.64. The van der Waals surface area contributed by atoms with Crippen LogP contribution in [0.2, 0.25) is 0 Å². The lowest BCUT2D eigenvalue weighted by Crippen LogP contribution is -2.20. The number of benzene rings is 1. The first-order valence-corrected chi connectivity index (χ1v) is 17.7. The Balaban J connectivity index is 2.27. The molecule has 1 aromatic carbocycles. The van der Waals surface area contributed by atoms with Gasteiger partial charge in [-0.2, -0.15) is 0 Å². The molecule has 5 nitrogen and oxygen atoms in total. The molecule has 0 amide bonds. The largest absolute Gasteiger partial charge is 0.466 e. The summed E-state index contributed by atoms with van der Waals surface area (Å²) in [4.78, 5) is 31.7. The Hall–Kier alpha value is -1.16. The van der Waals surface area contributed by atoms with Gasteiger partial charge in [0, 0.05) is 17.5 Å². The number of aryl methyl sites for hydroxylation is 1. The van der Waals surface area contributed by atoms with Crippen molar-refractivity contribution < 1.29 is 23.8 Å². The van der Waals surface area contributed by atoms with Crippen molar-refractivity contribution >= 4 is 14.6 Å². The highest BCUT2D eigenvalue weighted by Crippen LogP contribution is 2.45. The van der Waals surface area contributed by atoms with Crippen molar-refractivity contribution in [3.63, 3.8) is 0 Å². The second-order valence-corrected chi connectivity index (χ2v) is 14.6. The maximum absolute atomic E-state index is 12.4. The molecule has 0 bridgehead atoms. The summed E-state index contributed by atoms with van der Waals surface area (Å²) in [7, 11) is -2.53. The monoisotopic (exact) mass is 594 g/mol. The molecule has 1 rings (SSSR count). The number of esters is 1. The molecule has 0 radical (unpaired) electrons. The van der Waals surface area contributed by atoms with Gasteiger partial charge in [-0.05, 0) is 29.2 Å². The lowest BCUT2D eigenvalue weighted by atomic mass is 9.78. The van der Waals surface area contributed by atoms with E-state index in [9.17, 15) is 14.6 Å². The Morgan fingerprint density at radius 3 is 1.44 bits per heavy atom. The molecular formula is C35H63O5P. The average Bonchev–Trinajstić information content (AvgIpc) is 2.88. The van der Waals surface area contributed by atoms with Crippen LogP contribution < -0.4 is 4.52 Å². The summed E-state index contributed by atoms with van der Waals surface area (Å²) >= 11 is 0. The summed E-state index contributed by atoms with van der Waals surface area (Å²) in [6.07, 6.45) is 22.2. The summed E-state index contributed by atoms with van der Waals surface area (Å²) in [5, 5.41) is 0. The smallest absolute Gasteiger partial charge is 0.391 e. The molecular weight excluding hydrogens is 531 g/mol. The van der Waals surface area contributed by atoms with Crippen LogP contribution in [0.4, 0.5) is 0 Å². The van der Waals surface area contributed by atoms with Crippen LogP contribution in [-0.2, 0) is 26.8 Å². The standard InChI is InChI=1S/C35H63O5P/c1-8-9-10-11-12-13-14-15-16-17-18-19-20-21-22-23-26-39-32(36)25-24-29-27-30(34(2,3)4)33(40-41(37)38)31(28-29)35(5,6)7/h27-28,37-38H,8-26H2,1-7H3. The zero-order chi connectivity index (χ0) is 30.7. The number of hydrogen-bond donors (Lipinski definition) is 2. The van der Waals surface area contributed by atoms with Crippen LogP contribution in [0.25, 0.3) is 0 Å². The van der Waals surface area contributed by atoms with Crippen LogP contribution in [0.3, 0.4) is 0 Å². The average molecular weight is 595 g/mol. The predicted molar refractivity (Wildman–Crippen MR) is 175 cm³/mol. The quantitative estimate of drug-likeness (QED) is 0.0793. The molecule has 0 aliphatic carbocycles. The second kappa shape index (κ2) is 20.7. The molecule has 238 valence electrons. The van der Waals surface area contributed by atoms with Crippen molar-refractivity contribution in [2.24, 2.45) is 0 Å². The number of carbonyl (C=O) groups is 1. The molecule has 0 aromatic heterocycles. The van der Waals surface area contributed by atoms with Crippen molar-refractivity contribution in [3.05, 3.63) is 28.8 Å². The molecule has 0 aliphatic rings. The van der Waals surface area contributed by atoms with Crippen LogP contribution in [0, 0.1) is 0 Å². The van der Waals surface area contributed by atoms with E-state index < -0.39 is 8.60 Å².